The van der Waals surface area contributed by atoms with Gasteiger partial charge in [0.15, 0.2) is 0 Å². The van der Waals surface area contributed by atoms with Crippen molar-refractivity contribution in [2.45, 2.75) is 38.0 Å². The van der Waals surface area contributed by atoms with Gasteiger partial charge >= 0.3 is 0 Å². The predicted octanol–water partition coefficient (Wildman–Crippen LogP) is 5.04. The molecule has 1 aliphatic carbocycles. The molecule has 14 heavy (non-hydrogen) atoms. The van der Waals surface area contributed by atoms with E-state index >= 15 is 0 Å². The zero-order valence-electron chi connectivity index (χ0n) is 8.10. The Balaban J connectivity index is 2.29. The summed E-state index contributed by atoms with van der Waals surface area (Å²) in [5, 5.41) is 1.67. The van der Waals surface area contributed by atoms with Crippen LogP contribution < -0.4 is 0 Å². The average molecular weight is 229 g/mol. The first kappa shape index (κ1) is 10.3. The molecular formula is C12H14Cl2. The third kappa shape index (κ3) is 2.07. The van der Waals surface area contributed by atoms with Gasteiger partial charge in [0, 0.05) is 10.0 Å². The first-order valence-electron chi connectivity index (χ1n) is 5.23. The van der Waals surface area contributed by atoms with Crippen molar-refractivity contribution in [2.24, 2.45) is 0 Å². The fourth-order valence-corrected chi connectivity index (χ4v) is 3.00. The van der Waals surface area contributed by atoms with Crippen LogP contribution in [0.1, 0.15) is 43.6 Å². The Morgan fingerprint density at radius 1 is 0.929 bits per heavy atom. The zero-order valence-corrected chi connectivity index (χ0v) is 9.61. The Morgan fingerprint density at radius 2 is 1.50 bits per heavy atom. The Labute approximate surface area is 95.2 Å². The molecule has 0 bridgehead atoms. The standard InChI is InChI=1S/C12H14Cl2/c13-10-7-4-8-11(14)12(10)9-5-2-1-3-6-9/h4,7-9H,1-3,5-6H2. The van der Waals surface area contributed by atoms with Crippen LogP contribution in [0.3, 0.4) is 0 Å². The topological polar surface area (TPSA) is 0 Å². The number of halogens is 2. The summed E-state index contributed by atoms with van der Waals surface area (Å²) >= 11 is 12.4. The molecule has 2 heteroatoms. The fourth-order valence-electron chi connectivity index (χ4n) is 2.29. The van der Waals surface area contributed by atoms with Crippen LogP contribution in [0, 0.1) is 0 Å². The first-order valence-corrected chi connectivity index (χ1v) is 5.98. The van der Waals surface area contributed by atoms with Crippen LogP contribution >= 0.6 is 23.2 Å². The van der Waals surface area contributed by atoms with Crippen LogP contribution in [0.25, 0.3) is 0 Å². The SMILES string of the molecule is Clc1cccc(Cl)c1C1CCCCC1. The molecule has 1 aliphatic rings. The van der Waals surface area contributed by atoms with Crippen LogP contribution in [-0.2, 0) is 0 Å². The molecule has 0 saturated heterocycles. The molecule has 0 aromatic heterocycles. The van der Waals surface area contributed by atoms with Crippen LogP contribution in [-0.4, -0.2) is 0 Å². The van der Waals surface area contributed by atoms with E-state index in [9.17, 15) is 0 Å². The van der Waals surface area contributed by atoms with E-state index in [0.717, 1.165) is 10.0 Å². The van der Waals surface area contributed by atoms with E-state index in [2.05, 4.69) is 0 Å². The third-order valence-corrected chi connectivity index (χ3v) is 3.67. The Bertz CT molecular complexity index is 294. The van der Waals surface area contributed by atoms with Crippen LogP contribution in [0.4, 0.5) is 0 Å². The maximum Gasteiger partial charge on any atom is 0.0455 e. The number of rotatable bonds is 1. The van der Waals surface area contributed by atoms with Gasteiger partial charge in [0.1, 0.15) is 0 Å². The second kappa shape index (κ2) is 4.55. The predicted molar refractivity (Wildman–Crippen MR) is 62.3 cm³/mol. The van der Waals surface area contributed by atoms with Gasteiger partial charge < -0.3 is 0 Å². The lowest BCUT2D eigenvalue weighted by Crippen LogP contribution is -2.05. The quantitative estimate of drug-likeness (QED) is 0.632. The normalized spacial score (nSPS) is 18.4. The van der Waals surface area contributed by atoms with E-state index < -0.39 is 0 Å². The van der Waals surface area contributed by atoms with E-state index in [1.54, 1.807) is 0 Å². The van der Waals surface area contributed by atoms with Crippen LogP contribution in [0.5, 0.6) is 0 Å². The molecule has 1 aromatic carbocycles. The van der Waals surface area contributed by atoms with Gasteiger partial charge in [0.2, 0.25) is 0 Å². The molecule has 0 N–H and O–H groups in total. The summed E-state index contributed by atoms with van der Waals surface area (Å²) in [6, 6.07) is 5.80. The number of benzene rings is 1. The summed E-state index contributed by atoms with van der Waals surface area (Å²) in [5.41, 5.74) is 1.18. The van der Waals surface area contributed by atoms with Gasteiger partial charge in [-0.1, -0.05) is 48.5 Å². The summed E-state index contributed by atoms with van der Waals surface area (Å²) in [6.07, 6.45) is 6.46. The average Bonchev–Trinajstić information content (AvgIpc) is 2.19. The lowest BCUT2D eigenvalue weighted by molar-refractivity contribution is 0.444. The van der Waals surface area contributed by atoms with Crippen molar-refractivity contribution in [3.8, 4) is 0 Å². The summed E-state index contributed by atoms with van der Waals surface area (Å²) in [4.78, 5) is 0. The second-order valence-electron chi connectivity index (χ2n) is 3.97. The summed E-state index contributed by atoms with van der Waals surface area (Å²) in [5.74, 6) is 0.588. The maximum atomic E-state index is 6.18. The van der Waals surface area contributed by atoms with E-state index in [1.165, 1.54) is 37.7 Å². The monoisotopic (exact) mass is 228 g/mol. The van der Waals surface area contributed by atoms with Crippen molar-refractivity contribution < 1.29 is 0 Å². The second-order valence-corrected chi connectivity index (χ2v) is 4.78. The molecule has 0 aliphatic heterocycles. The molecule has 2 rings (SSSR count). The van der Waals surface area contributed by atoms with Gasteiger partial charge in [-0.05, 0) is 36.5 Å². The van der Waals surface area contributed by atoms with Crippen molar-refractivity contribution >= 4 is 23.2 Å². The van der Waals surface area contributed by atoms with Crippen molar-refractivity contribution in [1.82, 2.24) is 0 Å². The minimum Gasteiger partial charge on any atom is -0.0840 e. The van der Waals surface area contributed by atoms with Gasteiger partial charge in [-0.25, -0.2) is 0 Å². The number of hydrogen-bond donors (Lipinski definition) is 0. The molecule has 1 aromatic rings. The molecule has 1 saturated carbocycles. The molecule has 0 heterocycles. The lowest BCUT2D eigenvalue weighted by Gasteiger charge is -2.23. The Morgan fingerprint density at radius 3 is 2.07 bits per heavy atom. The third-order valence-electron chi connectivity index (χ3n) is 3.01. The molecule has 0 atom stereocenters. The van der Waals surface area contributed by atoms with E-state index in [4.69, 9.17) is 23.2 Å². The molecule has 76 valence electrons. The number of hydrogen-bond acceptors (Lipinski definition) is 0. The van der Waals surface area contributed by atoms with Gasteiger partial charge in [-0.15, -0.1) is 0 Å². The highest BCUT2D eigenvalue weighted by Crippen LogP contribution is 2.39. The molecule has 0 spiro atoms. The summed E-state index contributed by atoms with van der Waals surface area (Å²) in [7, 11) is 0. The van der Waals surface area contributed by atoms with Crippen molar-refractivity contribution in [1.29, 1.82) is 0 Å². The van der Waals surface area contributed by atoms with Crippen LogP contribution in [0.2, 0.25) is 10.0 Å². The minimum atomic E-state index is 0.588. The molecule has 0 radical (unpaired) electrons. The van der Waals surface area contributed by atoms with Gasteiger partial charge in [0.25, 0.3) is 0 Å². The molecule has 0 nitrogen and oxygen atoms in total. The van der Waals surface area contributed by atoms with E-state index in [1.807, 2.05) is 18.2 Å². The van der Waals surface area contributed by atoms with Crippen molar-refractivity contribution in [3.63, 3.8) is 0 Å². The van der Waals surface area contributed by atoms with Crippen molar-refractivity contribution in [3.05, 3.63) is 33.8 Å². The Kier molecular flexibility index (Phi) is 3.35. The highest BCUT2D eigenvalue weighted by Gasteiger charge is 2.20. The fraction of sp³-hybridized carbons (Fsp3) is 0.500. The smallest absolute Gasteiger partial charge is 0.0455 e. The molecule has 1 fully saturated rings. The Hall–Kier alpha value is -0.200. The summed E-state index contributed by atoms with van der Waals surface area (Å²) in [6.45, 7) is 0. The van der Waals surface area contributed by atoms with Crippen molar-refractivity contribution in [2.75, 3.05) is 0 Å². The molecule has 0 unspecified atom stereocenters. The lowest BCUT2D eigenvalue weighted by atomic mass is 9.84. The van der Waals surface area contributed by atoms with E-state index in [-0.39, 0.29) is 0 Å². The maximum absolute atomic E-state index is 6.18. The van der Waals surface area contributed by atoms with Gasteiger partial charge in [-0.3, -0.25) is 0 Å². The largest absolute Gasteiger partial charge is 0.0840 e. The van der Waals surface area contributed by atoms with E-state index in [0.29, 0.717) is 5.92 Å². The first-order chi connectivity index (χ1) is 6.79. The van der Waals surface area contributed by atoms with Gasteiger partial charge in [-0.2, -0.15) is 0 Å². The zero-order chi connectivity index (χ0) is 9.97. The highest BCUT2D eigenvalue weighted by atomic mass is 35.5. The minimum absolute atomic E-state index is 0.588. The highest BCUT2D eigenvalue weighted by molar-refractivity contribution is 6.36. The molecule has 0 amide bonds. The summed E-state index contributed by atoms with van der Waals surface area (Å²) < 4.78 is 0. The van der Waals surface area contributed by atoms with Crippen LogP contribution in [0.15, 0.2) is 18.2 Å². The molecular weight excluding hydrogens is 215 g/mol. The van der Waals surface area contributed by atoms with Gasteiger partial charge in [0.05, 0.1) is 0 Å².